The molecular weight excluding hydrogens is 469 g/mol. The zero-order valence-corrected chi connectivity index (χ0v) is 19.2. The molecule has 0 bridgehead atoms. The highest BCUT2D eigenvalue weighted by Crippen LogP contribution is 2.36. The van der Waals surface area contributed by atoms with Crippen molar-refractivity contribution in [3.05, 3.63) is 64.6 Å². The number of halogens is 2. The SMILES string of the molecule is COc1cc2c(cc1NC(=O)C(C)OC(=O)COc1ccc(Cl)cc1Cl)oc1ccccc12. The normalized spacial score (nSPS) is 11.9. The standard InChI is InChI=1S/C24H19Cl2NO6/c1-13(32-23(28)12-31-20-8-7-14(25)9-17(20)26)24(29)27-18-11-21-16(10-22(18)30-2)15-5-3-4-6-19(15)33-21/h3-11,13H,12H2,1-2H3,(H,27,29). The van der Waals surface area contributed by atoms with Crippen molar-refractivity contribution in [3.8, 4) is 11.5 Å². The van der Waals surface area contributed by atoms with Crippen LogP contribution in [-0.2, 0) is 14.3 Å². The van der Waals surface area contributed by atoms with Gasteiger partial charge in [0.05, 0.1) is 17.8 Å². The highest BCUT2D eigenvalue weighted by atomic mass is 35.5. The largest absolute Gasteiger partial charge is 0.495 e. The van der Waals surface area contributed by atoms with E-state index >= 15 is 0 Å². The summed E-state index contributed by atoms with van der Waals surface area (Å²) in [6.07, 6.45) is -1.09. The summed E-state index contributed by atoms with van der Waals surface area (Å²) in [5.41, 5.74) is 1.70. The van der Waals surface area contributed by atoms with E-state index in [9.17, 15) is 9.59 Å². The first kappa shape index (κ1) is 22.8. The number of benzene rings is 3. The Morgan fingerprint density at radius 3 is 2.55 bits per heavy atom. The van der Waals surface area contributed by atoms with Crippen LogP contribution in [0.1, 0.15) is 6.92 Å². The Balaban J connectivity index is 1.42. The van der Waals surface area contributed by atoms with E-state index in [0.717, 1.165) is 16.4 Å². The van der Waals surface area contributed by atoms with Crippen LogP contribution >= 0.6 is 23.2 Å². The number of esters is 1. The van der Waals surface area contributed by atoms with Crippen LogP contribution in [0.15, 0.2) is 59.0 Å². The number of fused-ring (bicyclic) bond motifs is 3. The van der Waals surface area contributed by atoms with Gasteiger partial charge in [-0.25, -0.2) is 4.79 Å². The van der Waals surface area contributed by atoms with Gasteiger partial charge in [0.25, 0.3) is 5.91 Å². The lowest BCUT2D eigenvalue weighted by molar-refractivity contribution is -0.155. The Hall–Kier alpha value is -3.42. The second kappa shape index (κ2) is 9.60. The molecule has 0 radical (unpaired) electrons. The lowest BCUT2D eigenvalue weighted by Crippen LogP contribution is -2.31. The molecule has 170 valence electrons. The Kier molecular flexibility index (Phi) is 6.62. The highest BCUT2D eigenvalue weighted by Gasteiger charge is 2.21. The molecule has 3 aromatic carbocycles. The van der Waals surface area contributed by atoms with Crippen LogP contribution in [0, 0.1) is 0 Å². The zero-order chi connectivity index (χ0) is 23.5. The molecule has 33 heavy (non-hydrogen) atoms. The van der Waals surface area contributed by atoms with E-state index in [0.29, 0.717) is 22.0 Å². The van der Waals surface area contributed by atoms with E-state index in [-0.39, 0.29) is 10.8 Å². The predicted octanol–water partition coefficient (Wildman–Crippen LogP) is 5.85. The van der Waals surface area contributed by atoms with Crippen molar-refractivity contribution in [2.24, 2.45) is 0 Å². The molecule has 0 spiro atoms. The van der Waals surface area contributed by atoms with Gasteiger partial charge in [-0.1, -0.05) is 41.4 Å². The minimum Gasteiger partial charge on any atom is -0.495 e. The van der Waals surface area contributed by atoms with Crippen molar-refractivity contribution < 1.29 is 28.2 Å². The molecule has 4 rings (SSSR count). The van der Waals surface area contributed by atoms with Gasteiger partial charge in [0.15, 0.2) is 12.7 Å². The minimum absolute atomic E-state index is 0.258. The smallest absolute Gasteiger partial charge is 0.344 e. The number of para-hydroxylation sites is 1. The van der Waals surface area contributed by atoms with Gasteiger partial charge in [-0.15, -0.1) is 0 Å². The van der Waals surface area contributed by atoms with Crippen LogP contribution in [0.4, 0.5) is 5.69 Å². The number of amides is 1. The van der Waals surface area contributed by atoms with Crippen LogP contribution in [-0.4, -0.2) is 31.7 Å². The monoisotopic (exact) mass is 487 g/mol. The second-order valence-corrected chi connectivity index (χ2v) is 7.98. The van der Waals surface area contributed by atoms with Gasteiger partial charge in [0.2, 0.25) is 0 Å². The van der Waals surface area contributed by atoms with Crippen LogP contribution < -0.4 is 14.8 Å². The van der Waals surface area contributed by atoms with E-state index in [1.165, 1.54) is 26.2 Å². The average Bonchev–Trinajstić information content (AvgIpc) is 3.15. The van der Waals surface area contributed by atoms with Crippen molar-refractivity contribution in [1.82, 2.24) is 0 Å². The summed E-state index contributed by atoms with van der Waals surface area (Å²) in [6.45, 7) is 1.03. The second-order valence-electron chi connectivity index (χ2n) is 7.13. The summed E-state index contributed by atoms with van der Waals surface area (Å²) in [4.78, 5) is 24.8. The van der Waals surface area contributed by atoms with E-state index < -0.39 is 24.6 Å². The summed E-state index contributed by atoms with van der Waals surface area (Å²) in [6, 6.07) is 15.7. The first-order valence-corrected chi connectivity index (χ1v) is 10.7. The lowest BCUT2D eigenvalue weighted by atomic mass is 10.1. The van der Waals surface area contributed by atoms with Gasteiger partial charge in [-0.3, -0.25) is 4.79 Å². The molecule has 0 aliphatic carbocycles. The van der Waals surface area contributed by atoms with E-state index in [4.69, 9.17) is 41.8 Å². The number of hydrogen-bond donors (Lipinski definition) is 1. The minimum atomic E-state index is -1.09. The fourth-order valence-electron chi connectivity index (χ4n) is 3.27. The molecule has 0 saturated heterocycles. The van der Waals surface area contributed by atoms with Crippen LogP contribution in [0.3, 0.4) is 0 Å². The number of furan rings is 1. The lowest BCUT2D eigenvalue weighted by Gasteiger charge is -2.15. The Labute approximate surface area is 199 Å². The van der Waals surface area contributed by atoms with Crippen LogP contribution in [0.2, 0.25) is 10.0 Å². The molecule has 1 atom stereocenters. The Bertz CT molecular complexity index is 1350. The summed E-state index contributed by atoms with van der Waals surface area (Å²) in [5.74, 6) is -0.550. The summed E-state index contributed by atoms with van der Waals surface area (Å²) < 4.78 is 21.8. The number of ether oxygens (including phenoxy) is 3. The molecule has 9 heteroatoms. The van der Waals surface area contributed by atoms with Crippen molar-refractivity contribution in [1.29, 1.82) is 0 Å². The molecule has 0 saturated carbocycles. The maximum Gasteiger partial charge on any atom is 0.344 e. The van der Waals surface area contributed by atoms with Crippen molar-refractivity contribution in [2.75, 3.05) is 19.0 Å². The molecule has 4 aromatic rings. The Morgan fingerprint density at radius 1 is 1.00 bits per heavy atom. The molecule has 1 unspecified atom stereocenters. The summed E-state index contributed by atoms with van der Waals surface area (Å²) in [7, 11) is 1.50. The third kappa shape index (κ3) is 4.99. The molecule has 1 heterocycles. The molecule has 1 aromatic heterocycles. The number of carbonyl (C=O) groups is 2. The fourth-order valence-corrected chi connectivity index (χ4v) is 3.73. The molecule has 0 aliphatic heterocycles. The van der Waals surface area contributed by atoms with E-state index in [2.05, 4.69) is 5.32 Å². The first-order chi connectivity index (χ1) is 15.9. The van der Waals surface area contributed by atoms with E-state index in [1.807, 2.05) is 24.3 Å². The number of nitrogens with one attached hydrogen (secondary N) is 1. The molecule has 0 fully saturated rings. The number of rotatable bonds is 7. The molecule has 1 N–H and O–H groups in total. The molecule has 1 amide bonds. The van der Waals surface area contributed by atoms with Gasteiger partial charge in [-0.2, -0.15) is 0 Å². The maximum atomic E-state index is 12.6. The van der Waals surface area contributed by atoms with Crippen LogP contribution in [0.5, 0.6) is 11.5 Å². The molecule has 7 nitrogen and oxygen atoms in total. The number of methoxy groups -OCH3 is 1. The van der Waals surface area contributed by atoms with Crippen molar-refractivity contribution in [2.45, 2.75) is 13.0 Å². The van der Waals surface area contributed by atoms with Gasteiger partial charge in [0, 0.05) is 21.9 Å². The highest BCUT2D eigenvalue weighted by molar-refractivity contribution is 6.35. The predicted molar refractivity (Wildman–Crippen MR) is 126 cm³/mol. The molecular formula is C24H19Cl2NO6. The van der Waals surface area contributed by atoms with Gasteiger partial charge < -0.3 is 23.9 Å². The third-order valence-electron chi connectivity index (χ3n) is 4.87. The third-order valence-corrected chi connectivity index (χ3v) is 5.40. The Morgan fingerprint density at radius 2 is 1.79 bits per heavy atom. The maximum absolute atomic E-state index is 12.6. The summed E-state index contributed by atoms with van der Waals surface area (Å²) >= 11 is 11.8. The number of carbonyl (C=O) groups excluding carboxylic acids is 2. The fraction of sp³-hybridized carbons (Fsp3) is 0.167. The topological polar surface area (TPSA) is 87.0 Å². The van der Waals surface area contributed by atoms with Crippen molar-refractivity contribution >= 4 is 62.7 Å². The van der Waals surface area contributed by atoms with Crippen molar-refractivity contribution in [3.63, 3.8) is 0 Å². The van der Waals surface area contributed by atoms with E-state index in [1.54, 1.807) is 18.2 Å². The summed E-state index contributed by atoms with van der Waals surface area (Å²) in [5, 5.41) is 5.21. The first-order valence-electron chi connectivity index (χ1n) is 9.93. The van der Waals surface area contributed by atoms with Gasteiger partial charge >= 0.3 is 5.97 Å². The number of hydrogen-bond acceptors (Lipinski definition) is 6. The van der Waals surface area contributed by atoms with Gasteiger partial charge in [-0.05, 0) is 37.3 Å². The number of anilines is 1. The molecule has 0 aliphatic rings. The zero-order valence-electron chi connectivity index (χ0n) is 17.7. The quantitative estimate of drug-likeness (QED) is 0.329. The van der Waals surface area contributed by atoms with Crippen LogP contribution in [0.25, 0.3) is 21.9 Å². The average molecular weight is 488 g/mol. The van der Waals surface area contributed by atoms with Gasteiger partial charge in [0.1, 0.15) is 22.7 Å².